The zero-order chi connectivity index (χ0) is 12.8. The van der Waals surface area contributed by atoms with Crippen LogP contribution in [0.3, 0.4) is 0 Å². The molecule has 0 unspecified atom stereocenters. The van der Waals surface area contributed by atoms with Crippen LogP contribution in [0.15, 0.2) is 24.3 Å². The lowest BCUT2D eigenvalue weighted by Gasteiger charge is -2.39. The lowest BCUT2D eigenvalue weighted by molar-refractivity contribution is -0.166. The van der Waals surface area contributed by atoms with Gasteiger partial charge in [-0.05, 0) is 23.9 Å². The number of carbonyl (C=O) groups excluding carboxylic acids is 1. The van der Waals surface area contributed by atoms with Crippen molar-refractivity contribution in [2.24, 2.45) is 0 Å². The molecule has 0 aliphatic carbocycles. The second kappa shape index (κ2) is 4.07. The number of carbonyl (C=O) groups is 1. The van der Waals surface area contributed by atoms with Gasteiger partial charge in [-0.2, -0.15) is 0 Å². The molecule has 1 aliphatic rings. The highest BCUT2D eigenvalue weighted by Gasteiger charge is 2.50. The Morgan fingerprint density at radius 2 is 2.11 bits per heavy atom. The smallest absolute Gasteiger partial charge is 0.321 e. The topological polar surface area (TPSA) is 35.5 Å². The van der Waals surface area contributed by atoms with Crippen LogP contribution < -0.4 is 0 Å². The molecule has 1 aromatic heterocycles. The largest absolute Gasteiger partial charge is 0.468 e. The summed E-state index contributed by atoms with van der Waals surface area (Å²) in [6.45, 7) is 2.89. The summed E-state index contributed by atoms with van der Waals surface area (Å²) in [5.74, 6) is -0.194. The van der Waals surface area contributed by atoms with Gasteiger partial charge in [0.2, 0.25) is 0 Å². The Morgan fingerprint density at radius 3 is 2.72 bits per heavy atom. The highest BCUT2D eigenvalue weighted by atomic mass is 32.1. The highest BCUT2D eigenvalue weighted by molar-refractivity contribution is 7.19. The zero-order valence-corrected chi connectivity index (χ0v) is 11.2. The number of aryl methyl sites for hydroxylation is 1. The molecule has 3 rings (SSSR count). The first-order valence-corrected chi connectivity index (χ1v) is 6.65. The molecule has 1 aromatic carbocycles. The third-order valence-corrected chi connectivity index (χ3v) is 4.61. The first-order chi connectivity index (χ1) is 8.69. The molecule has 1 fully saturated rings. The van der Waals surface area contributed by atoms with Crippen LogP contribution in [0.1, 0.15) is 10.4 Å². The molecule has 0 spiro atoms. The van der Waals surface area contributed by atoms with E-state index < -0.39 is 5.41 Å². The molecule has 2 aromatic rings. The van der Waals surface area contributed by atoms with Gasteiger partial charge in [0, 0.05) is 9.58 Å². The molecule has 0 atom stereocenters. The van der Waals surface area contributed by atoms with E-state index in [1.54, 1.807) is 11.3 Å². The second-order valence-corrected chi connectivity index (χ2v) is 5.85. The van der Waals surface area contributed by atoms with Gasteiger partial charge in [-0.25, -0.2) is 0 Å². The van der Waals surface area contributed by atoms with Crippen LogP contribution in [-0.4, -0.2) is 26.3 Å². The van der Waals surface area contributed by atoms with Gasteiger partial charge in [-0.3, -0.25) is 4.79 Å². The lowest BCUT2D eigenvalue weighted by atomic mass is 9.77. The maximum atomic E-state index is 12.1. The maximum absolute atomic E-state index is 12.1. The number of fused-ring (bicyclic) bond motifs is 1. The Bertz CT molecular complexity index is 611. The van der Waals surface area contributed by atoms with Crippen molar-refractivity contribution in [1.29, 1.82) is 0 Å². The number of hydrogen-bond donors (Lipinski definition) is 0. The van der Waals surface area contributed by atoms with Gasteiger partial charge in [-0.1, -0.05) is 18.2 Å². The van der Waals surface area contributed by atoms with Crippen molar-refractivity contribution in [2.45, 2.75) is 12.3 Å². The molecule has 2 heterocycles. The predicted molar refractivity (Wildman–Crippen MR) is 71.1 cm³/mol. The third-order valence-electron chi connectivity index (χ3n) is 3.52. The van der Waals surface area contributed by atoms with Crippen molar-refractivity contribution in [3.05, 3.63) is 34.7 Å². The third kappa shape index (κ3) is 1.42. The van der Waals surface area contributed by atoms with E-state index in [1.165, 1.54) is 16.7 Å². The number of rotatable bonds is 2. The molecule has 0 saturated carbocycles. The van der Waals surface area contributed by atoms with Crippen molar-refractivity contribution in [3.8, 4) is 0 Å². The SMILES string of the molecule is COC(=O)C1(c2c(C)sc3ccccc23)COC1. The summed E-state index contributed by atoms with van der Waals surface area (Å²) < 4.78 is 11.5. The summed E-state index contributed by atoms with van der Waals surface area (Å²) in [7, 11) is 1.44. The minimum atomic E-state index is -0.599. The minimum absolute atomic E-state index is 0.194. The van der Waals surface area contributed by atoms with Gasteiger partial charge < -0.3 is 9.47 Å². The van der Waals surface area contributed by atoms with Gasteiger partial charge in [0.15, 0.2) is 0 Å². The Morgan fingerprint density at radius 1 is 1.39 bits per heavy atom. The van der Waals surface area contributed by atoms with E-state index in [1.807, 2.05) is 12.1 Å². The number of benzene rings is 1. The van der Waals surface area contributed by atoms with Crippen molar-refractivity contribution < 1.29 is 14.3 Å². The van der Waals surface area contributed by atoms with Crippen LogP contribution in [-0.2, 0) is 19.7 Å². The van der Waals surface area contributed by atoms with E-state index in [-0.39, 0.29) is 5.97 Å². The van der Waals surface area contributed by atoms with Crippen LogP contribution in [0.25, 0.3) is 10.1 Å². The summed E-state index contributed by atoms with van der Waals surface area (Å²) in [5.41, 5.74) is 0.486. The Hall–Kier alpha value is -1.39. The standard InChI is InChI=1S/C14H14O3S/c1-9-12(10-5-3-4-6-11(10)18-9)14(7-17-8-14)13(15)16-2/h3-6H,7-8H2,1-2H3. The lowest BCUT2D eigenvalue weighted by Crippen LogP contribution is -2.53. The predicted octanol–water partition coefficient (Wildman–Crippen LogP) is 2.65. The van der Waals surface area contributed by atoms with Crippen molar-refractivity contribution >= 4 is 27.4 Å². The average molecular weight is 262 g/mol. The second-order valence-electron chi connectivity index (χ2n) is 4.60. The zero-order valence-electron chi connectivity index (χ0n) is 10.4. The molecule has 4 heteroatoms. The number of methoxy groups -OCH3 is 1. The Kier molecular flexibility index (Phi) is 2.64. The monoisotopic (exact) mass is 262 g/mol. The van der Waals surface area contributed by atoms with Crippen LogP contribution in [0, 0.1) is 6.92 Å². The van der Waals surface area contributed by atoms with Gasteiger partial charge >= 0.3 is 5.97 Å². The molecular weight excluding hydrogens is 248 g/mol. The Balaban J connectivity index is 2.24. The van der Waals surface area contributed by atoms with Crippen molar-refractivity contribution in [3.63, 3.8) is 0 Å². The van der Waals surface area contributed by atoms with E-state index in [9.17, 15) is 4.79 Å². The number of esters is 1. The van der Waals surface area contributed by atoms with E-state index in [2.05, 4.69) is 19.1 Å². The van der Waals surface area contributed by atoms with Gasteiger partial charge in [-0.15, -0.1) is 11.3 Å². The molecule has 18 heavy (non-hydrogen) atoms. The fourth-order valence-electron chi connectivity index (χ4n) is 2.63. The molecule has 94 valence electrons. The van der Waals surface area contributed by atoms with Crippen LogP contribution in [0.5, 0.6) is 0 Å². The number of thiophene rings is 1. The van der Waals surface area contributed by atoms with Crippen molar-refractivity contribution in [2.75, 3.05) is 20.3 Å². The van der Waals surface area contributed by atoms with E-state index in [4.69, 9.17) is 9.47 Å². The summed E-state index contributed by atoms with van der Waals surface area (Å²) in [4.78, 5) is 13.3. The van der Waals surface area contributed by atoms with Crippen LogP contribution in [0.2, 0.25) is 0 Å². The normalized spacial score (nSPS) is 17.4. The van der Waals surface area contributed by atoms with Crippen LogP contribution in [0.4, 0.5) is 0 Å². The fourth-order valence-corrected chi connectivity index (χ4v) is 3.79. The average Bonchev–Trinajstić information content (AvgIpc) is 2.65. The van der Waals surface area contributed by atoms with E-state index >= 15 is 0 Å². The minimum Gasteiger partial charge on any atom is -0.468 e. The van der Waals surface area contributed by atoms with Gasteiger partial charge in [0.05, 0.1) is 20.3 Å². The summed E-state index contributed by atoms with van der Waals surface area (Å²) in [5, 5.41) is 1.15. The van der Waals surface area contributed by atoms with Gasteiger partial charge in [0.1, 0.15) is 5.41 Å². The molecule has 1 saturated heterocycles. The molecule has 1 aliphatic heterocycles. The van der Waals surface area contributed by atoms with Gasteiger partial charge in [0.25, 0.3) is 0 Å². The maximum Gasteiger partial charge on any atom is 0.321 e. The molecule has 0 N–H and O–H groups in total. The number of hydrogen-bond acceptors (Lipinski definition) is 4. The van der Waals surface area contributed by atoms with Crippen molar-refractivity contribution in [1.82, 2.24) is 0 Å². The number of ether oxygens (including phenoxy) is 2. The molecule has 0 amide bonds. The van der Waals surface area contributed by atoms with E-state index in [0.29, 0.717) is 13.2 Å². The molecule has 0 bridgehead atoms. The molecule has 0 radical (unpaired) electrons. The highest BCUT2D eigenvalue weighted by Crippen LogP contribution is 2.43. The quantitative estimate of drug-likeness (QED) is 0.781. The van der Waals surface area contributed by atoms with Crippen LogP contribution >= 0.6 is 11.3 Å². The summed E-state index contributed by atoms with van der Waals surface area (Å²) in [6, 6.07) is 8.17. The summed E-state index contributed by atoms with van der Waals surface area (Å²) in [6.07, 6.45) is 0. The molecule has 3 nitrogen and oxygen atoms in total. The first kappa shape index (κ1) is 11.7. The fraction of sp³-hybridized carbons (Fsp3) is 0.357. The molecular formula is C14H14O3S. The first-order valence-electron chi connectivity index (χ1n) is 5.84. The summed E-state index contributed by atoms with van der Waals surface area (Å²) >= 11 is 1.72. The Labute approximate surface area is 109 Å². The van der Waals surface area contributed by atoms with E-state index in [0.717, 1.165) is 10.9 Å².